The van der Waals surface area contributed by atoms with E-state index in [1.54, 1.807) is 6.07 Å². The van der Waals surface area contributed by atoms with Crippen LogP contribution in [0.5, 0.6) is 11.5 Å². The highest BCUT2D eigenvalue weighted by atomic mass is 16.8. The minimum Gasteiger partial charge on any atom is -0.488 e. The van der Waals surface area contributed by atoms with E-state index in [0.29, 0.717) is 46.5 Å². The lowest BCUT2D eigenvalue weighted by Gasteiger charge is -2.39. The van der Waals surface area contributed by atoms with Crippen LogP contribution in [0.1, 0.15) is 25.5 Å². The fraction of sp³-hybridized carbons (Fsp3) is 0.357. The van der Waals surface area contributed by atoms with Gasteiger partial charge in [0.05, 0.1) is 22.0 Å². The molecular formula is C28H28N2O6. The first-order valence-corrected chi connectivity index (χ1v) is 12.0. The Morgan fingerprint density at radius 3 is 2.47 bits per heavy atom. The van der Waals surface area contributed by atoms with Crippen LogP contribution in [-0.2, 0) is 16.5 Å². The van der Waals surface area contributed by atoms with Crippen LogP contribution in [0.2, 0.25) is 0 Å². The number of likely N-dealkylation sites (N-methyl/N-ethyl adjacent to an activating group) is 1. The summed E-state index contributed by atoms with van der Waals surface area (Å²) in [5.74, 6) is 0.923. The lowest BCUT2D eigenvalue weighted by atomic mass is 9.86. The molecule has 2 aliphatic rings. The van der Waals surface area contributed by atoms with Gasteiger partial charge in [0.25, 0.3) is 0 Å². The summed E-state index contributed by atoms with van der Waals surface area (Å²) in [6.07, 6.45) is -2.15. The summed E-state index contributed by atoms with van der Waals surface area (Å²) in [6.45, 7) is 4.80. The molecule has 1 aromatic heterocycles. The third-order valence-electron chi connectivity index (χ3n) is 7.16. The molecule has 2 atom stereocenters. The number of fused-ring (bicyclic) bond motifs is 7. The highest BCUT2D eigenvalue weighted by molar-refractivity contribution is 6.03. The third kappa shape index (κ3) is 3.32. The number of carbonyl (C=O) groups excluding carboxylic acids is 1. The SMILES string of the molecule is CN(C)CCOc1cc2c(=O)c3cc4ccccc4cc3n(C)c2c2c1OC(C)(C)[C@H]1OC(=O)OC21. The number of benzene rings is 3. The lowest BCUT2D eigenvalue weighted by Crippen LogP contribution is -2.48. The number of carbonyl (C=O) groups is 1. The minimum atomic E-state index is -0.858. The van der Waals surface area contributed by atoms with Gasteiger partial charge < -0.3 is 28.4 Å². The number of nitrogens with zero attached hydrogens (tertiary/aromatic N) is 2. The summed E-state index contributed by atoms with van der Waals surface area (Å²) in [4.78, 5) is 28.2. The molecule has 3 aromatic carbocycles. The van der Waals surface area contributed by atoms with Crippen LogP contribution in [0.4, 0.5) is 4.79 Å². The van der Waals surface area contributed by atoms with E-state index < -0.39 is 24.0 Å². The average Bonchev–Trinajstić information content (AvgIpc) is 3.24. The predicted molar refractivity (Wildman–Crippen MR) is 137 cm³/mol. The molecule has 1 saturated heterocycles. The molecular weight excluding hydrogens is 460 g/mol. The Balaban J connectivity index is 1.70. The minimum absolute atomic E-state index is 0.115. The smallest absolute Gasteiger partial charge is 0.488 e. The third-order valence-corrected chi connectivity index (χ3v) is 7.16. The molecule has 0 aliphatic carbocycles. The van der Waals surface area contributed by atoms with Crippen molar-refractivity contribution in [2.75, 3.05) is 27.2 Å². The van der Waals surface area contributed by atoms with E-state index >= 15 is 0 Å². The molecule has 8 nitrogen and oxygen atoms in total. The molecule has 36 heavy (non-hydrogen) atoms. The Kier molecular flexibility index (Phi) is 4.95. The van der Waals surface area contributed by atoms with Gasteiger partial charge in [0.1, 0.15) is 12.2 Å². The standard InChI is InChI=1S/C28H28N2O6/c1-28(2)26-25(34-27(32)35-26)21-22-18(14-20(24(21)36-28)33-11-10-29(3)4)23(31)17-12-15-8-6-7-9-16(15)13-19(17)30(22)5/h6-9,12-14,25-26H,10-11H2,1-5H3/t25?,26-/m0/s1. The monoisotopic (exact) mass is 488 g/mol. The van der Waals surface area contributed by atoms with E-state index in [-0.39, 0.29) is 5.43 Å². The number of hydrogen-bond donors (Lipinski definition) is 0. The van der Waals surface area contributed by atoms with Crippen LogP contribution in [0.3, 0.4) is 0 Å². The zero-order valence-electron chi connectivity index (χ0n) is 21.0. The molecule has 1 unspecified atom stereocenters. The Morgan fingerprint density at radius 2 is 1.75 bits per heavy atom. The zero-order valence-corrected chi connectivity index (χ0v) is 21.0. The molecule has 3 heterocycles. The Labute approximate surface area is 207 Å². The quantitative estimate of drug-likeness (QED) is 0.308. The van der Waals surface area contributed by atoms with Gasteiger partial charge in [0.15, 0.2) is 29.1 Å². The van der Waals surface area contributed by atoms with Crippen LogP contribution in [0.15, 0.2) is 47.3 Å². The van der Waals surface area contributed by atoms with Gasteiger partial charge in [-0.25, -0.2) is 4.79 Å². The second kappa shape index (κ2) is 7.86. The number of aromatic nitrogens is 1. The van der Waals surface area contributed by atoms with E-state index in [4.69, 9.17) is 18.9 Å². The summed E-state index contributed by atoms with van der Waals surface area (Å²) >= 11 is 0. The highest BCUT2D eigenvalue weighted by Crippen LogP contribution is 2.52. The first-order chi connectivity index (χ1) is 17.2. The van der Waals surface area contributed by atoms with Crippen molar-refractivity contribution in [2.45, 2.75) is 31.7 Å². The molecule has 0 radical (unpaired) electrons. The molecule has 0 saturated carbocycles. The van der Waals surface area contributed by atoms with E-state index in [9.17, 15) is 9.59 Å². The van der Waals surface area contributed by atoms with Crippen molar-refractivity contribution in [3.05, 3.63) is 58.3 Å². The second-order valence-corrected chi connectivity index (χ2v) is 10.3. The highest BCUT2D eigenvalue weighted by Gasteiger charge is 2.55. The Morgan fingerprint density at radius 1 is 1.03 bits per heavy atom. The second-order valence-electron chi connectivity index (χ2n) is 10.3. The van der Waals surface area contributed by atoms with Crippen molar-refractivity contribution in [1.82, 2.24) is 9.47 Å². The van der Waals surface area contributed by atoms with Gasteiger partial charge in [-0.2, -0.15) is 0 Å². The van der Waals surface area contributed by atoms with Crippen molar-refractivity contribution in [2.24, 2.45) is 7.05 Å². The molecule has 0 N–H and O–H groups in total. The molecule has 0 spiro atoms. The van der Waals surface area contributed by atoms with Crippen LogP contribution >= 0.6 is 0 Å². The van der Waals surface area contributed by atoms with Gasteiger partial charge in [0.2, 0.25) is 0 Å². The molecule has 0 bridgehead atoms. The van der Waals surface area contributed by atoms with Gasteiger partial charge >= 0.3 is 6.16 Å². The zero-order chi connectivity index (χ0) is 25.4. The average molecular weight is 489 g/mol. The van der Waals surface area contributed by atoms with Crippen molar-refractivity contribution in [3.8, 4) is 11.5 Å². The first kappa shape index (κ1) is 22.7. The van der Waals surface area contributed by atoms with Gasteiger partial charge in [-0.1, -0.05) is 24.3 Å². The van der Waals surface area contributed by atoms with E-state index in [1.165, 1.54) is 0 Å². The van der Waals surface area contributed by atoms with Crippen molar-refractivity contribution < 1.29 is 23.7 Å². The van der Waals surface area contributed by atoms with Crippen molar-refractivity contribution in [3.63, 3.8) is 0 Å². The topological polar surface area (TPSA) is 79.2 Å². The maximum absolute atomic E-state index is 13.9. The summed E-state index contributed by atoms with van der Waals surface area (Å²) < 4.78 is 25.8. The van der Waals surface area contributed by atoms with Crippen LogP contribution < -0.4 is 14.9 Å². The normalized spacial score (nSPS) is 20.2. The molecule has 6 rings (SSSR count). The van der Waals surface area contributed by atoms with Gasteiger partial charge in [0, 0.05) is 19.0 Å². The summed E-state index contributed by atoms with van der Waals surface area (Å²) in [6, 6.07) is 13.7. The number of rotatable bonds is 4. The Bertz CT molecular complexity index is 1620. The van der Waals surface area contributed by atoms with E-state index in [1.807, 2.05) is 80.9 Å². The first-order valence-electron chi connectivity index (χ1n) is 12.0. The van der Waals surface area contributed by atoms with Crippen LogP contribution in [-0.4, -0.2) is 54.6 Å². The number of hydrogen-bond acceptors (Lipinski definition) is 7. The molecule has 1 fully saturated rings. The van der Waals surface area contributed by atoms with Gasteiger partial charge in [-0.3, -0.25) is 4.79 Å². The van der Waals surface area contributed by atoms with Crippen LogP contribution in [0.25, 0.3) is 32.6 Å². The predicted octanol–water partition coefficient (Wildman–Crippen LogP) is 4.53. The molecule has 8 heteroatoms. The molecule has 0 amide bonds. The largest absolute Gasteiger partial charge is 0.509 e. The summed E-state index contributed by atoms with van der Waals surface area (Å²) in [5, 5.41) is 3.10. The summed E-state index contributed by atoms with van der Waals surface area (Å²) in [7, 11) is 5.84. The van der Waals surface area contributed by atoms with Gasteiger partial charge in [-0.05, 0) is 56.9 Å². The Hall–Kier alpha value is -3.78. The summed E-state index contributed by atoms with van der Waals surface area (Å²) in [5.41, 5.74) is 1.04. The lowest BCUT2D eigenvalue weighted by molar-refractivity contribution is -0.0515. The van der Waals surface area contributed by atoms with Crippen molar-refractivity contribution >= 4 is 38.7 Å². The maximum Gasteiger partial charge on any atom is 0.509 e. The number of aryl methyl sites for hydroxylation is 1. The number of pyridine rings is 1. The van der Waals surface area contributed by atoms with E-state index in [2.05, 4.69) is 0 Å². The van der Waals surface area contributed by atoms with Crippen molar-refractivity contribution in [1.29, 1.82) is 0 Å². The fourth-order valence-electron chi connectivity index (χ4n) is 5.35. The van der Waals surface area contributed by atoms with Gasteiger partial charge in [-0.15, -0.1) is 0 Å². The van der Waals surface area contributed by atoms with Crippen LogP contribution in [0, 0.1) is 0 Å². The molecule has 4 aromatic rings. The fourth-order valence-corrected chi connectivity index (χ4v) is 5.35. The number of ether oxygens (including phenoxy) is 4. The van der Waals surface area contributed by atoms with E-state index in [0.717, 1.165) is 16.3 Å². The molecule has 2 aliphatic heterocycles. The molecule has 186 valence electrons. The maximum atomic E-state index is 13.9.